The highest BCUT2D eigenvalue weighted by Gasteiger charge is 2.27. The number of benzene rings is 1. The van der Waals surface area contributed by atoms with Crippen LogP contribution in [0.5, 0.6) is 17.2 Å². The lowest BCUT2D eigenvalue weighted by atomic mass is 9.93. The van der Waals surface area contributed by atoms with Gasteiger partial charge in [-0.1, -0.05) is 0 Å². The molecule has 0 radical (unpaired) electrons. The predicted octanol–water partition coefficient (Wildman–Crippen LogP) is 2.28. The standard InChI is InChI=1S/C19H23N3O4/c1-24-15-11-14(12-16-18(15)26-9-8-25-16)19(23)22-6-2-13(3-7-22)10-17-20-4-5-21-17/h4-5,11-13H,2-3,6-10H2,1H3,(H,20,21). The number of fused-ring (bicyclic) bond motifs is 1. The van der Waals surface area contributed by atoms with Crippen LogP contribution in [0, 0.1) is 5.92 Å². The largest absolute Gasteiger partial charge is 0.493 e. The van der Waals surface area contributed by atoms with Crippen molar-refractivity contribution in [3.05, 3.63) is 35.9 Å². The minimum absolute atomic E-state index is 0.0109. The molecule has 0 aliphatic carbocycles. The summed E-state index contributed by atoms with van der Waals surface area (Å²) in [6, 6.07) is 3.50. The van der Waals surface area contributed by atoms with Crippen LogP contribution >= 0.6 is 0 Å². The summed E-state index contributed by atoms with van der Waals surface area (Å²) in [7, 11) is 1.57. The number of H-pyrrole nitrogens is 1. The number of aromatic amines is 1. The number of carbonyl (C=O) groups is 1. The molecule has 7 nitrogen and oxygen atoms in total. The first-order chi connectivity index (χ1) is 12.7. The second-order valence-corrected chi connectivity index (χ2v) is 6.68. The van der Waals surface area contributed by atoms with Crippen LogP contribution in [-0.4, -0.2) is 54.2 Å². The first-order valence-corrected chi connectivity index (χ1v) is 8.99. The highest BCUT2D eigenvalue weighted by atomic mass is 16.6. The van der Waals surface area contributed by atoms with Gasteiger partial charge in [0.1, 0.15) is 19.0 Å². The van der Waals surface area contributed by atoms with Gasteiger partial charge >= 0.3 is 0 Å². The molecule has 1 N–H and O–H groups in total. The molecule has 1 fully saturated rings. The highest BCUT2D eigenvalue weighted by Crippen LogP contribution is 2.40. The second-order valence-electron chi connectivity index (χ2n) is 6.68. The minimum Gasteiger partial charge on any atom is -0.493 e. The number of piperidine rings is 1. The fourth-order valence-corrected chi connectivity index (χ4v) is 3.60. The molecule has 1 aromatic heterocycles. The molecule has 0 atom stereocenters. The van der Waals surface area contributed by atoms with Gasteiger partial charge in [0.25, 0.3) is 5.91 Å². The predicted molar refractivity (Wildman–Crippen MR) is 94.9 cm³/mol. The molecule has 4 rings (SSSR count). The van der Waals surface area contributed by atoms with Crippen molar-refractivity contribution in [3.63, 3.8) is 0 Å². The Morgan fingerprint density at radius 2 is 2.12 bits per heavy atom. The van der Waals surface area contributed by atoms with E-state index in [4.69, 9.17) is 14.2 Å². The average Bonchev–Trinajstić information content (AvgIpc) is 3.20. The topological polar surface area (TPSA) is 76.7 Å². The summed E-state index contributed by atoms with van der Waals surface area (Å²) in [6.45, 7) is 2.47. The molecular weight excluding hydrogens is 334 g/mol. The number of ether oxygens (including phenoxy) is 3. The van der Waals surface area contributed by atoms with Crippen LogP contribution in [0.1, 0.15) is 29.0 Å². The fourth-order valence-electron chi connectivity index (χ4n) is 3.60. The molecule has 2 aliphatic heterocycles. The van der Waals surface area contributed by atoms with E-state index in [1.807, 2.05) is 11.1 Å². The smallest absolute Gasteiger partial charge is 0.254 e. The number of carbonyl (C=O) groups excluding carboxylic acids is 1. The lowest BCUT2D eigenvalue weighted by molar-refractivity contribution is 0.0688. The third-order valence-electron chi connectivity index (χ3n) is 5.01. The summed E-state index contributed by atoms with van der Waals surface area (Å²) in [4.78, 5) is 22.3. The molecule has 2 aromatic rings. The molecule has 0 bridgehead atoms. The molecule has 26 heavy (non-hydrogen) atoms. The molecule has 7 heteroatoms. The number of hydrogen-bond acceptors (Lipinski definition) is 5. The Morgan fingerprint density at radius 1 is 1.31 bits per heavy atom. The summed E-state index contributed by atoms with van der Waals surface area (Å²) < 4.78 is 16.6. The number of hydrogen-bond donors (Lipinski definition) is 1. The van der Waals surface area contributed by atoms with Crippen molar-refractivity contribution in [1.82, 2.24) is 14.9 Å². The van der Waals surface area contributed by atoms with Gasteiger partial charge < -0.3 is 24.1 Å². The molecule has 0 unspecified atom stereocenters. The van der Waals surface area contributed by atoms with E-state index in [1.165, 1.54) is 0 Å². The lowest BCUT2D eigenvalue weighted by Crippen LogP contribution is -2.39. The average molecular weight is 357 g/mol. The molecular formula is C19H23N3O4. The third kappa shape index (κ3) is 3.34. The van der Waals surface area contributed by atoms with Crippen molar-refractivity contribution >= 4 is 5.91 Å². The van der Waals surface area contributed by atoms with Gasteiger partial charge in [0.05, 0.1) is 7.11 Å². The van der Waals surface area contributed by atoms with Gasteiger partial charge in [0.15, 0.2) is 11.5 Å². The van der Waals surface area contributed by atoms with Crippen LogP contribution in [0.3, 0.4) is 0 Å². The summed E-state index contributed by atoms with van der Waals surface area (Å²) in [5.41, 5.74) is 0.579. The number of imidazole rings is 1. The number of likely N-dealkylation sites (tertiary alicyclic amines) is 1. The van der Waals surface area contributed by atoms with Crippen LogP contribution < -0.4 is 14.2 Å². The zero-order chi connectivity index (χ0) is 17.9. The molecule has 0 saturated carbocycles. The molecule has 2 aliphatic rings. The minimum atomic E-state index is 0.0109. The molecule has 1 saturated heterocycles. The van der Waals surface area contributed by atoms with Crippen molar-refractivity contribution in [2.45, 2.75) is 19.3 Å². The molecule has 138 valence electrons. The number of amides is 1. The monoisotopic (exact) mass is 357 g/mol. The number of aromatic nitrogens is 2. The fraction of sp³-hybridized carbons (Fsp3) is 0.474. The van der Waals surface area contributed by atoms with E-state index in [-0.39, 0.29) is 5.91 Å². The number of nitrogens with one attached hydrogen (secondary N) is 1. The molecule has 1 aromatic carbocycles. The quantitative estimate of drug-likeness (QED) is 0.908. The lowest BCUT2D eigenvalue weighted by Gasteiger charge is -2.32. The van der Waals surface area contributed by atoms with Crippen molar-refractivity contribution in [2.24, 2.45) is 5.92 Å². The number of rotatable bonds is 4. The Bertz CT molecular complexity index is 750. The maximum Gasteiger partial charge on any atom is 0.254 e. The maximum atomic E-state index is 12.9. The molecule has 0 spiro atoms. The van der Waals surface area contributed by atoms with Gasteiger partial charge in [-0.25, -0.2) is 4.98 Å². The summed E-state index contributed by atoms with van der Waals surface area (Å²) >= 11 is 0. The SMILES string of the molecule is COc1cc(C(=O)N2CCC(Cc3ncc[nH]3)CC2)cc2c1OCCO2. The molecule has 1 amide bonds. The number of methoxy groups -OCH3 is 1. The van der Waals surface area contributed by atoms with E-state index in [9.17, 15) is 4.79 Å². The van der Waals surface area contributed by atoms with Crippen molar-refractivity contribution < 1.29 is 19.0 Å². The van der Waals surface area contributed by atoms with Crippen LogP contribution in [-0.2, 0) is 6.42 Å². The van der Waals surface area contributed by atoms with Crippen molar-refractivity contribution in [2.75, 3.05) is 33.4 Å². The second kappa shape index (κ2) is 7.27. The van der Waals surface area contributed by atoms with Gasteiger partial charge in [-0.15, -0.1) is 0 Å². The Morgan fingerprint density at radius 3 is 2.85 bits per heavy atom. The first kappa shape index (κ1) is 16.8. The Hall–Kier alpha value is -2.70. The van der Waals surface area contributed by atoms with Gasteiger partial charge in [0.2, 0.25) is 5.75 Å². The first-order valence-electron chi connectivity index (χ1n) is 8.99. The summed E-state index contributed by atoms with van der Waals surface area (Å²) in [5.74, 6) is 3.28. The van der Waals surface area contributed by atoms with Crippen molar-refractivity contribution in [3.8, 4) is 17.2 Å². The maximum absolute atomic E-state index is 12.9. The van der Waals surface area contributed by atoms with Gasteiger partial charge in [-0.3, -0.25) is 4.79 Å². The van der Waals surface area contributed by atoms with Crippen LogP contribution in [0.2, 0.25) is 0 Å². The van der Waals surface area contributed by atoms with Crippen LogP contribution in [0.25, 0.3) is 0 Å². The van der Waals surface area contributed by atoms with Crippen LogP contribution in [0.15, 0.2) is 24.5 Å². The van der Waals surface area contributed by atoms with Gasteiger partial charge in [0, 0.05) is 37.5 Å². The van der Waals surface area contributed by atoms with E-state index < -0.39 is 0 Å². The van der Waals surface area contributed by atoms with Crippen molar-refractivity contribution in [1.29, 1.82) is 0 Å². The third-order valence-corrected chi connectivity index (χ3v) is 5.01. The van der Waals surface area contributed by atoms with Gasteiger partial charge in [-0.2, -0.15) is 0 Å². The zero-order valence-corrected chi connectivity index (χ0v) is 14.9. The number of nitrogens with zero attached hydrogens (tertiary/aromatic N) is 2. The zero-order valence-electron chi connectivity index (χ0n) is 14.9. The van der Waals surface area contributed by atoms with E-state index in [2.05, 4.69) is 9.97 Å². The normalized spacial score (nSPS) is 17.2. The Balaban J connectivity index is 1.43. The summed E-state index contributed by atoms with van der Waals surface area (Å²) in [5, 5.41) is 0. The van der Waals surface area contributed by atoms with E-state index >= 15 is 0 Å². The Labute approximate surface area is 152 Å². The van der Waals surface area contributed by atoms with E-state index in [1.54, 1.807) is 25.4 Å². The van der Waals surface area contributed by atoms with Crippen LogP contribution in [0.4, 0.5) is 0 Å². The summed E-state index contributed by atoms with van der Waals surface area (Å²) in [6.07, 6.45) is 6.53. The highest BCUT2D eigenvalue weighted by molar-refractivity contribution is 5.95. The Kier molecular flexibility index (Phi) is 4.69. The molecule has 3 heterocycles. The van der Waals surface area contributed by atoms with Gasteiger partial charge in [-0.05, 0) is 30.9 Å². The van der Waals surface area contributed by atoms with E-state index in [0.717, 1.165) is 38.2 Å². The van der Waals surface area contributed by atoms with E-state index in [0.29, 0.717) is 41.9 Å².